The van der Waals surface area contributed by atoms with Crippen LogP contribution in [-0.2, 0) is 6.42 Å². The molecule has 2 rings (SSSR count). The Bertz CT molecular complexity index is 558. The molecular weight excluding hydrogens is 246 g/mol. The predicted octanol–water partition coefficient (Wildman–Crippen LogP) is 3.03. The van der Waals surface area contributed by atoms with Crippen molar-refractivity contribution in [2.45, 2.75) is 33.2 Å². The molecule has 1 heterocycles. The van der Waals surface area contributed by atoms with E-state index in [0.29, 0.717) is 0 Å². The first-order valence-electron chi connectivity index (χ1n) is 6.05. The second kappa shape index (κ2) is 5.12. The quantitative estimate of drug-likeness (QED) is 0.925. The molecule has 0 spiro atoms. The lowest BCUT2D eigenvalue weighted by Gasteiger charge is -2.13. The summed E-state index contributed by atoms with van der Waals surface area (Å²) < 4.78 is 1.95. The zero-order valence-electron chi connectivity index (χ0n) is 10.9. The molecule has 2 N–H and O–H groups in total. The average molecular weight is 264 g/mol. The summed E-state index contributed by atoms with van der Waals surface area (Å²) >= 11 is 6.06. The molecule has 0 aliphatic carbocycles. The smallest absolute Gasteiger partial charge is 0.0682 e. The summed E-state index contributed by atoms with van der Waals surface area (Å²) in [6.07, 6.45) is 0.786. The third kappa shape index (κ3) is 2.74. The van der Waals surface area contributed by atoms with E-state index in [2.05, 4.69) is 11.2 Å². The fourth-order valence-electron chi connectivity index (χ4n) is 2.14. The second-order valence-corrected chi connectivity index (χ2v) is 5.23. The monoisotopic (exact) mass is 263 g/mol. The molecule has 0 amide bonds. The summed E-state index contributed by atoms with van der Waals surface area (Å²) in [5.74, 6) is 0. The Hall–Kier alpha value is -1.32. The van der Waals surface area contributed by atoms with Gasteiger partial charge in [-0.05, 0) is 57.0 Å². The highest BCUT2D eigenvalue weighted by Gasteiger charge is 2.11. The Morgan fingerprint density at radius 1 is 1.33 bits per heavy atom. The predicted molar refractivity (Wildman–Crippen MR) is 75.4 cm³/mol. The van der Waals surface area contributed by atoms with E-state index in [1.165, 1.54) is 0 Å². The molecule has 1 aromatic carbocycles. The second-order valence-electron chi connectivity index (χ2n) is 4.79. The lowest BCUT2D eigenvalue weighted by Crippen LogP contribution is -2.19. The molecule has 96 valence electrons. The number of halogens is 1. The molecule has 3 nitrogen and oxygen atoms in total. The van der Waals surface area contributed by atoms with Crippen LogP contribution in [0.1, 0.15) is 23.9 Å². The molecule has 2 aromatic rings. The van der Waals surface area contributed by atoms with Crippen LogP contribution in [0.5, 0.6) is 0 Å². The fourth-order valence-corrected chi connectivity index (χ4v) is 2.34. The van der Waals surface area contributed by atoms with Gasteiger partial charge in [-0.3, -0.25) is 0 Å². The maximum Gasteiger partial charge on any atom is 0.0682 e. The maximum absolute atomic E-state index is 6.06. The van der Waals surface area contributed by atoms with Gasteiger partial charge in [0.25, 0.3) is 0 Å². The number of hydrogen-bond donors (Lipinski definition) is 1. The summed E-state index contributed by atoms with van der Waals surface area (Å²) in [6, 6.07) is 8.01. The Morgan fingerprint density at radius 2 is 2.06 bits per heavy atom. The molecule has 0 fully saturated rings. The first kappa shape index (κ1) is 13.1. The van der Waals surface area contributed by atoms with Crippen LogP contribution in [0.3, 0.4) is 0 Å². The lowest BCUT2D eigenvalue weighted by atomic mass is 10.1. The van der Waals surface area contributed by atoms with Crippen molar-refractivity contribution in [3.05, 3.63) is 46.2 Å². The molecule has 0 saturated heterocycles. The topological polar surface area (TPSA) is 43.8 Å². The fraction of sp³-hybridized carbons (Fsp3) is 0.357. The van der Waals surface area contributed by atoms with Crippen molar-refractivity contribution >= 4 is 11.6 Å². The number of rotatable bonds is 3. The van der Waals surface area contributed by atoms with Crippen molar-refractivity contribution < 1.29 is 0 Å². The third-order valence-corrected chi connectivity index (χ3v) is 3.06. The minimum absolute atomic E-state index is 0.0965. The number of hydrogen-bond acceptors (Lipinski definition) is 2. The molecule has 1 unspecified atom stereocenters. The van der Waals surface area contributed by atoms with E-state index in [1.54, 1.807) is 0 Å². The molecule has 0 aliphatic rings. The highest BCUT2D eigenvalue weighted by molar-refractivity contribution is 6.30. The highest BCUT2D eigenvalue weighted by atomic mass is 35.5. The molecule has 0 radical (unpaired) electrons. The van der Waals surface area contributed by atoms with Gasteiger partial charge in [0.1, 0.15) is 0 Å². The summed E-state index contributed by atoms with van der Waals surface area (Å²) in [5, 5.41) is 5.24. The van der Waals surface area contributed by atoms with Crippen molar-refractivity contribution in [2.24, 2.45) is 5.73 Å². The zero-order chi connectivity index (χ0) is 13.3. The van der Waals surface area contributed by atoms with Gasteiger partial charge in [0, 0.05) is 16.8 Å². The van der Waals surface area contributed by atoms with Gasteiger partial charge in [0.05, 0.1) is 11.4 Å². The Kier molecular flexibility index (Phi) is 3.73. The summed E-state index contributed by atoms with van der Waals surface area (Å²) in [7, 11) is 0. The van der Waals surface area contributed by atoms with Crippen molar-refractivity contribution in [1.82, 2.24) is 9.78 Å². The van der Waals surface area contributed by atoms with E-state index in [9.17, 15) is 0 Å². The average Bonchev–Trinajstić information content (AvgIpc) is 2.57. The molecule has 18 heavy (non-hydrogen) atoms. The SMILES string of the molecule is Cc1cc(C)n(-c2ccc(Cl)cc2CC(C)N)n1. The molecule has 1 aromatic heterocycles. The minimum atomic E-state index is 0.0965. The van der Waals surface area contributed by atoms with E-state index >= 15 is 0 Å². The van der Waals surface area contributed by atoms with Crippen LogP contribution < -0.4 is 5.73 Å². The van der Waals surface area contributed by atoms with Crippen LogP contribution in [-0.4, -0.2) is 15.8 Å². The van der Waals surface area contributed by atoms with E-state index in [-0.39, 0.29) is 6.04 Å². The van der Waals surface area contributed by atoms with E-state index in [1.807, 2.05) is 43.7 Å². The molecule has 0 bridgehead atoms. The van der Waals surface area contributed by atoms with Gasteiger partial charge in [-0.25, -0.2) is 4.68 Å². The standard InChI is InChI=1S/C14H18ClN3/c1-9(16)6-12-8-13(15)4-5-14(12)18-11(3)7-10(2)17-18/h4-5,7-9H,6,16H2,1-3H3. The zero-order valence-corrected chi connectivity index (χ0v) is 11.7. The molecule has 0 saturated carbocycles. The van der Waals surface area contributed by atoms with E-state index < -0.39 is 0 Å². The Labute approximate surface area is 113 Å². The van der Waals surface area contributed by atoms with E-state index in [0.717, 1.165) is 34.1 Å². The molecule has 1 atom stereocenters. The van der Waals surface area contributed by atoms with Gasteiger partial charge in [-0.15, -0.1) is 0 Å². The van der Waals surface area contributed by atoms with Gasteiger partial charge in [0.2, 0.25) is 0 Å². The third-order valence-electron chi connectivity index (χ3n) is 2.82. The Morgan fingerprint density at radius 3 is 2.61 bits per heavy atom. The van der Waals surface area contributed by atoms with Crippen molar-refractivity contribution in [3.8, 4) is 5.69 Å². The van der Waals surface area contributed by atoms with Gasteiger partial charge < -0.3 is 5.73 Å². The van der Waals surface area contributed by atoms with Crippen LogP contribution in [0.25, 0.3) is 5.69 Å². The normalized spacial score (nSPS) is 12.7. The number of benzene rings is 1. The summed E-state index contributed by atoms with van der Waals surface area (Å²) in [6.45, 7) is 6.03. The van der Waals surface area contributed by atoms with Gasteiger partial charge in [-0.1, -0.05) is 11.6 Å². The van der Waals surface area contributed by atoms with Crippen LogP contribution in [0.15, 0.2) is 24.3 Å². The number of aryl methyl sites for hydroxylation is 2. The van der Waals surface area contributed by atoms with E-state index in [4.69, 9.17) is 17.3 Å². The van der Waals surface area contributed by atoms with Crippen molar-refractivity contribution in [2.75, 3.05) is 0 Å². The van der Waals surface area contributed by atoms with Crippen LogP contribution >= 0.6 is 11.6 Å². The highest BCUT2D eigenvalue weighted by Crippen LogP contribution is 2.22. The van der Waals surface area contributed by atoms with Gasteiger partial charge >= 0.3 is 0 Å². The molecule has 4 heteroatoms. The van der Waals surface area contributed by atoms with Gasteiger partial charge in [0.15, 0.2) is 0 Å². The van der Waals surface area contributed by atoms with Crippen LogP contribution in [0.4, 0.5) is 0 Å². The van der Waals surface area contributed by atoms with Gasteiger partial charge in [-0.2, -0.15) is 5.10 Å². The molecule has 0 aliphatic heterocycles. The van der Waals surface area contributed by atoms with Crippen molar-refractivity contribution in [3.63, 3.8) is 0 Å². The summed E-state index contributed by atoms with van der Waals surface area (Å²) in [5.41, 5.74) is 10.2. The minimum Gasteiger partial charge on any atom is -0.328 e. The first-order valence-corrected chi connectivity index (χ1v) is 6.43. The Balaban J connectivity index is 2.52. The summed E-state index contributed by atoms with van der Waals surface area (Å²) in [4.78, 5) is 0. The molecular formula is C14H18ClN3. The van der Waals surface area contributed by atoms with Crippen LogP contribution in [0.2, 0.25) is 5.02 Å². The largest absolute Gasteiger partial charge is 0.328 e. The van der Waals surface area contributed by atoms with Crippen LogP contribution in [0, 0.1) is 13.8 Å². The lowest BCUT2D eigenvalue weighted by molar-refractivity contribution is 0.724. The number of nitrogens with two attached hydrogens (primary N) is 1. The van der Waals surface area contributed by atoms with Crippen molar-refractivity contribution in [1.29, 1.82) is 0 Å². The first-order chi connectivity index (χ1) is 8.47. The number of aromatic nitrogens is 2. The number of nitrogens with zero attached hydrogens (tertiary/aromatic N) is 2. The maximum atomic E-state index is 6.06.